The molecule has 0 radical (unpaired) electrons. The molecule has 1 aromatic carbocycles. The highest BCUT2D eigenvalue weighted by Gasteiger charge is 2.38. The summed E-state index contributed by atoms with van der Waals surface area (Å²) in [4.78, 5) is 0. The van der Waals surface area contributed by atoms with E-state index in [1.165, 1.54) is 0 Å². The van der Waals surface area contributed by atoms with Crippen molar-refractivity contribution in [3.05, 3.63) is 36.4 Å². The summed E-state index contributed by atoms with van der Waals surface area (Å²) in [5.41, 5.74) is -0.596. The van der Waals surface area contributed by atoms with Crippen molar-refractivity contribution in [1.29, 1.82) is 0 Å². The van der Waals surface area contributed by atoms with Crippen molar-refractivity contribution in [1.82, 2.24) is 0 Å². The molecule has 1 aromatic rings. The minimum absolute atomic E-state index is 0.421. The van der Waals surface area contributed by atoms with Gasteiger partial charge in [-0.05, 0) is 47.6 Å². The lowest BCUT2D eigenvalue weighted by Gasteiger charge is -2.31. The fraction of sp³-hybridized carbons (Fsp3) is 0.500. The van der Waals surface area contributed by atoms with E-state index in [0.717, 1.165) is 5.56 Å². The van der Waals surface area contributed by atoms with Gasteiger partial charge in [0.1, 0.15) is 5.75 Å². The van der Waals surface area contributed by atoms with Gasteiger partial charge in [0.2, 0.25) is 0 Å². The van der Waals surface area contributed by atoms with Crippen LogP contribution >= 0.6 is 7.82 Å². The number of benzene rings is 1. The quantitative estimate of drug-likeness (QED) is 0.678. The Bertz CT molecular complexity index is 518. The third-order valence-corrected chi connectivity index (χ3v) is 4.08. The monoisotopic (exact) mass is 312 g/mol. The summed E-state index contributed by atoms with van der Waals surface area (Å²) >= 11 is 0. The lowest BCUT2D eigenvalue weighted by molar-refractivity contribution is 0.0224. The van der Waals surface area contributed by atoms with Gasteiger partial charge >= 0.3 is 7.82 Å². The summed E-state index contributed by atoms with van der Waals surface area (Å²) in [6.07, 6.45) is 1.63. The Kier molecular flexibility index (Phi) is 5.43. The van der Waals surface area contributed by atoms with Gasteiger partial charge in [-0.1, -0.05) is 30.9 Å². The number of hydrogen-bond donors (Lipinski definition) is 0. The SMILES string of the molecule is C=Cc1ccccc1OP(=O)(OC(C)(C)C)OC(C)(C)C. The van der Waals surface area contributed by atoms with Gasteiger partial charge in [-0.3, -0.25) is 9.05 Å². The average molecular weight is 312 g/mol. The zero-order valence-electron chi connectivity index (χ0n) is 13.7. The molecule has 0 aliphatic carbocycles. The predicted octanol–water partition coefficient (Wildman–Crippen LogP) is 5.45. The fourth-order valence-corrected chi connectivity index (χ4v) is 3.44. The molecule has 4 nitrogen and oxygen atoms in total. The van der Waals surface area contributed by atoms with Gasteiger partial charge in [-0.15, -0.1) is 0 Å². The van der Waals surface area contributed by atoms with Crippen LogP contribution in [0.2, 0.25) is 0 Å². The highest BCUT2D eigenvalue weighted by Crippen LogP contribution is 2.55. The molecular formula is C16H25O4P. The maximum atomic E-state index is 13.0. The Hall–Kier alpha value is -1.09. The summed E-state index contributed by atoms with van der Waals surface area (Å²) in [6.45, 7) is 14.5. The Balaban J connectivity index is 3.13. The van der Waals surface area contributed by atoms with Crippen LogP contribution in [-0.2, 0) is 13.6 Å². The molecule has 0 fully saturated rings. The van der Waals surface area contributed by atoms with Crippen molar-refractivity contribution in [3.8, 4) is 5.75 Å². The van der Waals surface area contributed by atoms with Crippen LogP contribution in [0, 0.1) is 0 Å². The van der Waals surface area contributed by atoms with Crippen molar-refractivity contribution in [2.24, 2.45) is 0 Å². The van der Waals surface area contributed by atoms with Crippen LogP contribution in [0.4, 0.5) is 0 Å². The van der Waals surface area contributed by atoms with Crippen molar-refractivity contribution in [2.75, 3.05) is 0 Å². The summed E-state index contributed by atoms with van der Waals surface area (Å²) in [6, 6.07) is 7.17. The molecule has 118 valence electrons. The minimum Gasteiger partial charge on any atom is -0.403 e. The highest BCUT2D eigenvalue weighted by atomic mass is 31.2. The van der Waals surface area contributed by atoms with Crippen LogP contribution in [0.1, 0.15) is 47.1 Å². The van der Waals surface area contributed by atoms with Crippen LogP contribution in [0.25, 0.3) is 6.08 Å². The highest BCUT2D eigenvalue weighted by molar-refractivity contribution is 7.49. The standard InChI is InChI=1S/C16H25O4P/c1-8-13-11-9-10-12-14(13)18-21(17,19-15(2,3)4)20-16(5,6)7/h8-12H,1H2,2-7H3. The molecule has 0 aromatic heterocycles. The molecule has 1 rings (SSSR count). The number of rotatable bonds is 5. The number of hydrogen-bond acceptors (Lipinski definition) is 4. The molecular weight excluding hydrogens is 287 g/mol. The van der Waals surface area contributed by atoms with E-state index in [4.69, 9.17) is 13.6 Å². The van der Waals surface area contributed by atoms with E-state index in [0.29, 0.717) is 5.75 Å². The van der Waals surface area contributed by atoms with E-state index in [9.17, 15) is 4.57 Å². The number of phosphoric ester groups is 1. The summed E-state index contributed by atoms with van der Waals surface area (Å²) in [5.74, 6) is 0.421. The Labute approximate surface area is 127 Å². The van der Waals surface area contributed by atoms with Gasteiger partial charge < -0.3 is 4.52 Å². The van der Waals surface area contributed by atoms with Crippen molar-refractivity contribution in [2.45, 2.75) is 52.7 Å². The van der Waals surface area contributed by atoms with Crippen LogP contribution in [0.15, 0.2) is 30.8 Å². The van der Waals surface area contributed by atoms with Gasteiger partial charge in [0.15, 0.2) is 0 Å². The van der Waals surface area contributed by atoms with E-state index in [2.05, 4.69) is 6.58 Å². The molecule has 0 bridgehead atoms. The second-order valence-electron chi connectivity index (χ2n) is 6.69. The molecule has 0 unspecified atom stereocenters. The van der Waals surface area contributed by atoms with Gasteiger partial charge in [0.25, 0.3) is 0 Å². The first kappa shape index (κ1) is 18.0. The zero-order valence-corrected chi connectivity index (χ0v) is 14.6. The molecule has 0 aliphatic rings. The molecule has 0 atom stereocenters. The summed E-state index contributed by atoms with van der Waals surface area (Å²) in [7, 11) is -3.77. The van der Waals surface area contributed by atoms with Crippen LogP contribution < -0.4 is 4.52 Å². The molecule has 0 aliphatic heterocycles. The fourth-order valence-electron chi connectivity index (χ4n) is 1.58. The predicted molar refractivity (Wildman–Crippen MR) is 86.4 cm³/mol. The third kappa shape index (κ3) is 6.47. The van der Waals surface area contributed by atoms with E-state index >= 15 is 0 Å². The molecule has 0 amide bonds. The summed E-state index contributed by atoms with van der Waals surface area (Å²) in [5, 5.41) is 0. The smallest absolute Gasteiger partial charge is 0.403 e. The Morgan fingerprint density at radius 2 is 1.48 bits per heavy atom. The maximum absolute atomic E-state index is 13.0. The molecule has 0 heterocycles. The first-order valence-electron chi connectivity index (χ1n) is 6.87. The van der Waals surface area contributed by atoms with Crippen molar-refractivity contribution in [3.63, 3.8) is 0 Å². The van der Waals surface area contributed by atoms with Crippen molar-refractivity contribution >= 4 is 13.9 Å². The lowest BCUT2D eigenvalue weighted by Crippen LogP contribution is -2.25. The first-order valence-corrected chi connectivity index (χ1v) is 8.33. The Morgan fingerprint density at radius 3 is 1.90 bits per heavy atom. The molecule has 0 saturated heterocycles. The van der Waals surface area contributed by atoms with E-state index < -0.39 is 19.0 Å². The molecule has 5 heteroatoms. The largest absolute Gasteiger partial charge is 0.531 e. The van der Waals surface area contributed by atoms with Crippen LogP contribution in [0.5, 0.6) is 5.75 Å². The van der Waals surface area contributed by atoms with Gasteiger partial charge in [-0.25, -0.2) is 4.57 Å². The van der Waals surface area contributed by atoms with Crippen molar-refractivity contribution < 1.29 is 18.1 Å². The van der Waals surface area contributed by atoms with Gasteiger partial charge in [-0.2, -0.15) is 0 Å². The molecule has 0 N–H and O–H groups in total. The van der Waals surface area contributed by atoms with Crippen LogP contribution in [-0.4, -0.2) is 11.2 Å². The normalized spacial score (nSPS) is 13.0. The summed E-state index contributed by atoms with van der Waals surface area (Å²) < 4.78 is 29.8. The topological polar surface area (TPSA) is 44.8 Å². The first-order chi connectivity index (χ1) is 9.44. The number of phosphoric acid groups is 1. The second-order valence-corrected chi connectivity index (χ2v) is 8.13. The second kappa shape index (κ2) is 6.35. The third-order valence-electron chi connectivity index (χ3n) is 2.12. The number of para-hydroxylation sites is 1. The molecule has 0 spiro atoms. The lowest BCUT2D eigenvalue weighted by atomic mass is 10.2. The van der Waals surface area contributed by atoms with E-state index in [1.54, 1.807) is 59.8 Å². The average Bonchev–Trinajstić information content (AvgIpc) is 2.23. The molecule has 21 heavy (non-hydrogen) atoms. The Morgan fingerprint density at radius 1 is 1.00 bits per heavy atom. The van der Waals surface area contributed by atoms with E-state index in [-0.39, 0.29) is 0 Å². The van der Waals surface area contributed by atoms with Crippen LogP contribution in [0.3, 0.4) is 0 Å². The van der Waals surface area contributed by atoms with Gasteiger partial charge in [0, 0.05) is 5.56 Å². The van der Waals surface area contributed by atoms with E-state index in [1.807, 2.05) is 12.1 Å². The zero-order chi connectivity index (χ0) is 16.3. The van der Waals surface area contributed by atoms with Gasteiger partial charge in [0.05, 0.1) is 11.2 Å². The minimum atomic E-state index is -3.77. The molecule has 0 saturated carbocycles. The maximum Gasteiger partial charge on any atom is 0.531 e.